The molecule has 0 bridgehead atoms. The van der Waals surface area contributed by atoms with Crippen LogP contribution in [0.4, 0.5) is 22.0 Å². The van der Waals surface area contributed by atoms with Crippen LogP contribution >= 0.6 is 11.8 Å². The van der Waals surface area contributed by atoms with Gasteiger partial charge in [0.15, 0.2) is 0 Å². The van der Waals surface area contributed by atoms with Crippen molar-refractivity contribution < 1.29 is 22.0 Å². The molecule has 3 saturated heterocycles. The van der Waals surface area contributed by atoms with Crippen molar-refractivity contribution in [3.63, 3.8) is 0 Å². The van der Waals surface area contributed by atoms with E-state index in [0.717, 1.165) is 31.8 Å². The Balaban J connectivity index is 1.59. The number of nitrogens with one attached hydrogen (secondary N) is 2. The van der Waals surface area contributed by atoms with Gasteiger partial charge in [0.2, 0.25) is 0 Å². The molecule has 37 heavy (non-hydrogen) atoms. The Labute approximate surface area is 220 Å². The van der Waals surface area contributed by atoms with Gasteiger partial charge in [-0.3, -0.25) is 15.1 Å². The molecule has 6 unspecified atom stereocenters. The van der Waals surface area contributed by atoms with E-state index in [1.54, 1.807) is 11.8 Å². The lowest BCUT2D eigenvalue weighted by atomic mass is 9.65. The van der Waals surface area contributed by atoms with Crippen molar-refractivity contribution in [3.8, 4) is 0 Å². The van der Waals surface area contributed by atoms with Crippen molar-refractivity contribution in [2.45, 2.75) is 67.9 Å². The summed E-state index contributed by atoms with van der Waals surface area (Å²) in [5.41, 5.74) is -0.0116. The molecule has 4 aliphatic rings. The summed E-state index contributed by atoms with van der Waals surface area (Å²) in [6.07, 6.45) is -4.77. The van der Waals surface area contributed by atoms with Gasteiger partial charge in [-0.1, -0.05) is 6.07 Å². The Morgan fingerprint density at radius 2 is 1.73 bits per heavy atom. The molecule has 208 valence electrons. The van der Waals surface area contributed by atoms with Crippen molar-refractivity contribution in [2.24, 2.45) is 11.8 Å². The standard InChI is InChI=1S/C26H38F5N5S/c1-14-9-35(10-15(2)33-14)25-19-8-20(26(29,30)31)22(18-6-5-16(27)7-21(18)28)24-23(19)36(13-32-25)11-17(12-37-24)34(3)4/h5-7,14-15,17,19-20,22-25,32-33H,8-13H2,1-4H3/t14-,15+,17-,19?,20?,22?,23?,24?,25?/m1/s1. The molecule has 5 rings (SSSR count). The molecular formula is C26H38F5N5S. The number of benzene rings is 1. The van der Waals surface area contributed by atoms with Gasteiger partial charge in [-0.2, -0.15) is 24.9 Å². The van der Waals surface area contributed by atoms with E-state index in [1.165, 1.54) is 6.07 Å². The lowest BCUT2D eigenvalue weighted by Crippen LogP contribution is -2.72. The fourth-order valence-corrected chi connectivity index (χ4v) is 9.23. The van der Waals surface area contributed by atoms with Gasteiger partial charge in [0.1, 0.15) is 11.6 Å². The highest BCUT2D eigenvalue weighted by Crippen LogP contribution is 2.55. The number of hydrogen-bond acceptors (Lipinski definition) is 6. The predicted octanol–water partition coefficient (Wildman–Crippen LogP) is 3.53. The number of rotatable bonds is 3. The highest BCUT2D eigenvalue weighted by Gasteiger charge is 2.60. The van der Waals surface area contributed by atoms with E-state index in [-0.39, 0.29) is 48.2 Å². The quantitative estimate of drug-likeness (QED) is 0.564. The summed E-state index contributed by atoms with van der Waals surface area (Å²) in [6, 6.07) is 3.56. The highest BCUT2D eigenvalue weighted by molar-refractivity contribution is 8.00. The van der Waals surface area contributed by atoms with Crippen LogP contribution < -0.4 is 10.6 Å². The molecule has 5 nitrogen and oxygen atoms in total. The molecule has 0 spiro atoms. The summed E-state index contributed by atoms with van der Waals surface area (Å²) in [4.78, 5) is 6.74. The minimum Gasteiger partial charge on any atom is -0.309 e. The summed E-state index contributed by atoms with van der Waals surface area (Å²) in [6.45, 7) is 7.05. The van der Waals surface area contributed by atoms with Crippen molar-refractivity contribution in [2.75, 3.05) is 46.2 Å². The minimum atomic E-state index is -4.50. The van der Waals surface area contributed by atoms with Gasteiger partial charge in [-0.05, 0) is 46.0 Å². The van der Waals surface area contributed by atoms with E-state index in [4.69, 9.17) is 0 Å². The molecule has 3 aliphatic heterocycles. The van der Waals surface area contributed by atoms with E-state index in [9.17, 15) is 17.6 Å². The van der Waals surface area contributed by atoms with Crippen molar-refractivity contribution in [1.82, 2.24) is 25.3 Å². The molecule has 1 aromatic carbocycles. The van der Waals surface area contributed by atoms with Crippen LogP contribution in [0.5, 0.6) is 0 Å². The zero-order valence-electron chi connectivity index (χ0n) is 21.8. The number of halogens is 5. The number of hydrogen-bond donors (Lipinski definition) is 2. The van der Waals surface area contributed by atoms with E-state index >= 15 is 4.39 Å². The third-order valence-electron chi connectivity index (χ3n) is 8.80. The second-order valence-corrected chi connectivity index (χ2v) is 12.9. The zero-order valence-corrected chi connectivity index (χ0v) is 22.6. The van der Waals surface area contributed by atoms with Crippen molar-refractivity contribution in [3.05, 3.63) is 35.4 Å². The van der Waals surface area contributed by atoms with Crippen LogP contribution in [0, 0.1) is 23.5 Å². The number of nitrogens with zero attached hydrogens (tertiary/aromatic N) is 3. The Bertz CT molecular complexity index is 954. The summed E-state index contributed by atoms with van der Waals surface area (Å²) in [7, 11) is 3.99. The monoisotopic (exact) mass is 547 g/mol. The zero-order chi connectivity index (χ0) is 26.6. The average molecular weight is 548 g/mol. The topological polar surface area (TPSA) is 33.8 Å². The molecule has 3 heterocycles. The van der Waals surface area contributed by atoms with E-state index < -0.39 is 34.9 Å². The van der Waals surface area contributed by atoms with Crippen LogP contribution in [0.15, 0.2) is 18.2 Å². The first-order valence-electron chi connectivity index (χ1n) is 13.2. The summed E-state index contributed by atoms with van der Waals surface area (Å²) < 4.78 is 73.3. The third kappa shape index (κ3) is 5.41. The fraction of sp³-hybridized carbons (Fsp3) is 0.769. The van der Waals surface area contributed by atoms with E-state index in [1.807, 2.05) is 14.1 Å². The van der Waals surface area contributed by atoms with Gasteiger partial charge in [-0.15, -0.1) is 0 Å². The smallest absolute Gasteiger partial charge is 0.309 e. The number of piperazine rings is 1. The summed E-state index contributed by atoms with van der Waals surface area (Å²) in [5, 5.41) is 6.68. The van der Waals surface area contributed by atoms with E-state index in [2.05, 4.69) is 39.2 Å². The van der Waals surface area contributed by atoms with Crippen LogP contribution in [0.25, 0.3) is 0 Å². The third-order valence-corrected chi connectivity index (χ3v) is 10.3. The Kier molecular flexibility index (Phi) is 7.85. The number of thioether (sulfide) groups is 1. The number of alkyl halides is 3. The SMILES string of the molecule is C[C@@H]1CN(C2NCN3C[C@@H](N(C)C)CSC4C(c5ccc(F)cc5F)C(C(F)(F)F)CC2C43)C[C@H](C)N1. The Morgan fingerprint density at radius 1 is 1.03 bits per heavy atom. The molecule has 2 N–H and O–H groups in total. The largest absolute Gasteiger partial charge is 0.392 e. The predicted molar refractivity (Wildman–Crippen MR) is 136 cm³/mol. The van der Waals surface area contributed by atoms with Crippen molar-refractivity contribution in [1.29, 1.82) is 0 Å². The van der Waals surface area contributed by atoms with Crippen LogP contribution in [-0.2, 0) is 0 Å². The molecule has 0 aromatic heterocycles. The summed E-state index contributed by atoms with van der Waals surface area (Å²) in [5.74, 6) is -4.04. The normalized spacial score (nSPS) is 39.9. The number of likely N-dealkylation sites (N-methyl/N-ethyl adjacent to an activating group) is 1. The maximum atomic E-state index is 15.1. The molecule has 11 heteroatoms. The van der Waals surface area contributed by atoms with Crippen LogP contribution in [0.3, 0.4) is 0 Å². The van der Waals surface area contributed by atoms with Gasteiger partial charge in [-0.25, -0.2) is 8.78 Å². The first-order chi connectivity index (χ1) is 17.4. The van der Waals surface area contributed by atoms with Gasteiger partial charge < -0.3 is 10.2 Å². The Hall–Kier alpha value is -0.980. The maximum Gasteiger partial charge on any atom is 0.392 e. The molecule has 9 atom stereocenters. The molecule has 1 aliphatic carbocycles. The minimum absolute atomic E-state index is 0.0116. The Morgan fingerprint density at radius 3 is 2.35 bits per heavy atom. The van der Waals surface area contributed by atoms with Crippen LogP contribution in [-0.4, -0.2) is 103 Å². The first kappa shape index (κ1) is 27.6. The van der Waals surface area contributed by atoms with Gasteiger partial charge in [0.05, 0.1) is 12.1 Å². The fourth-order valence-electron chi connectivity index (χ4n) is 7.27. The first-order valence-corrected chi connectivity index (χ1v) is 14.3. The average Bonchev–Trinajstić information content (AvgIpc) is 2.99. The van der Waals surface area contributed by atoms with Gasteiger partial charge >= 0.3 is 6.18 Å². The molecule has 0 radical (unpaired) electrons. The molecule has 1 aromatic rings. The van der Waals surface area contributed by atoms with Crippen LogP contribution in [0.1, 0.15) is 31.7 Å². The second-order valence-electron chi connectivity index (χ2n) is 11.6. The second kappa shape index (κ2) is 10.5. The molecule has 0 amide bonds. The highest BCUT2D eigenvalue weighted by atomic mass is 32.2. The van der Waals surface area contributed by atoms with Gasteiger partial charge in [0.25, 0.3) is 0 Å². The molecule has 4 fully saturated rings. The lowest BCUT2D eigenvalue weighted by Gasteiger charge is -2.58. The summed E-state index contributed by atoms with van der Waals surface area (Å²) >= 11 is 1.54. The molecular weight excluding hydrogens is 509 g/mol. The van der Waals surface area contributed by atoms with E-state index in [0.29, 0.717) is 12.4 Å². The van der Waals surface area contributed by atoms with Crippen LogP contribution in [0.2, 0.25) is 0 Å². The maximum absolute atomic E-state index is 15.1. The van der Waals surface area contributed by atoms with Gasteiger partial charge in [0, 0.05) is 79.4 Å². The van der Waals surface area contributed by atoms with Crippen molar-refractivity contribution >= 4 is 11.8 Å². The molecule has 1 saturated carbocycles. The lowest BCUT2D eigenvalue weighted by molar-refractivity contribution is -0.202.